The molecule has 0 unspecified atom stereocenters. The van der Waals surface area contributed by atoms with Crippen LogP contribution >= 0.6 is 0 Å². The fraction of sp³-hybridized carbons (Fsp3) is 0.217. The Hall–Kier alpha value is -4.21. The zero-order valence-corrected chi connectivity index (χ0v) is 18.3. The average Bonchev–Trinajstić information content (AvgIpc) is 3.37. The third-order valence-electron chi connectivity index (χ3n) is 5.04. The molecule has 0 aliphatic rings. The van der Waals surface area contributed by atoms with Gasteiger partial charge in [-0.15, -0.1) is 0 Å². The molecule has 0 spiro atoms. The first-order chi connectivity index (χ1) is 15.8. The molecule has 9 nitrogen and oxygen atoms in total. The molecule has 0 aromatic carbocycles. The van der Waals surface area contributed by atoms with Crippen molar-refractivity contribution in [3.05, 3.63) is 48.8 Å². The van der Waals surface area contributed by atoms with E-state index in [0.29, 0.717) is 34.8 Å². The Bertz CT molecular complexity index is 1460. The molecule has 0 aliphatic heterocycles. The second-order valence-electron chi connectivity index (χ2n) is 8.99. The Morgan fingerprint density at radius 1 is 1.15 bits per heavy atom. The number of amides is 1. The van der Waals surface area contributed by atoms with Gasteiger partial charge in [0, 0.05) is 36.1 Å². The zero-order valence-electron chi connectivity index (χ0n) is 18.3. The Kier molecular flexibility index (Phi) is 4.85. The minimum atomic E-state index is -0.517. The number of aromatic amines is 2. The van der Waals surface area contributed by atoms with E-state index in [1.54, 1.807) is 18.3 Å². The average molecular weight is 444 g/mol. The summed E-state index contributed by atoms with van der Waals surface area (Å²) in [7, 11) is 0. The van der Waals surface area contributed by atoms with Crippen LogP contribution in [0, 0.1) is 11.2 Å². The summed E-state index contributed by atoms with van der Waals surface area (Å²) < 4.78 is 15.7. The lowest BCUT2D eigenvalue weighted by Crippen LogP contribution is -2.19. The molecule has 0 saturated heterocycles. The van der Waals surface area contributed by atoms with Crippen molar-refractivity contribution in [1.29, 1.82) is 0 Å². The van der Waals surface area contributed by atoms with Crippen LogP contribution in [0.4, 0.5) is 10.1 Å². The van der Waals surface area contributed by atoms with Gasteiger partial charge in [0.25, 0.3) is 0 Å². The molecular weight excluding hydrogens is 423 g/mol. The monoisotopic (exact) mass is 444 g/mol. The first kappa shape index (κ1) is 20.7. The van der Waals surface area contributed by atoms with Crippen LogP contribution in [-0.2, 0) is 4.79 Å². The van der Waals surface area contributed by atoms with E-state index in [1.165, 1.54) is 18.6 Å². The predicted octanol–water partition coefficient (Wildman–Crippen LogP) is 4.47. The highest BCUT2D eigenvalue weighted by atomic mass is 19.1. The van der Waals surface area contributed by atoms with Crippen molar-refractivity contribution < 1.29 is 9.18 Å². The van der Waals surface area contributed by atoms with E-state index in [-0.39, 0.29) is 27.9 Å². The van der Waals surface area contributed by atoms with Gasteiger partial charge >= 0.3 is 0 Å². The van der Waals surface area contributed by atoms with Gasteiger partial charge in [-0.1, -0.05) is 20.8 Å². The molecule has 5 aromatic heterocycles. The number of carbonyl (C=O) groups is 1. The van der Waals surface area contributed by atoms with Crippen LogP contribution in [0.3, 0.4) is 0 Å². The van der Waals surface area contributed by atoms with Crippen LogP contribution in [0.25, 0.3) is 44.8 Å². The highest BCUT2D eigenvalue weighted by molar-refractivity contribution is 5.95. The molecule has 0 fully saturated rings. The molecule has 10 heteroatoms. The zero-order chi connectivity index (χ0) is 23.2. The summed E-state index contributed by atoms with van der Waals surface area (Å²) >= 11 is 0. The minimum Gasteiger partial charge on any atom is -0.335 e. The minimum absolute atomic E-state index is 0.133. The number of nitrogens with zero attached hydrogens (tertiary/aromatic N) is 5. The van der Waals surface area contributed by atoms with E-state index in [2.05, 4.69) is 40.4 Å². The summed E-state index contributed by atoms with van der Waals surface area (Å²) in [5, 5.41) is 9.98. The van der Waals surface area contributed by atoms with Gasteiger partial charge in [-0.25, -0.2) is 19.3 Å². The molecule has 0 radical (unpaired) electrons. The second-order valence-corrected chi connectivity index (χ2v) is 8.99. The number of hydrogen-bond acceptors (Lipinski definition) is 6. The molecule has 166 valence electrons. The summed E-state index contributed by atoms with van der Waals surface area (Å²) in [5.74, 6) is -0.242. The van der Waals surface area contributed by atoms with Crippen LogP contribution in [0.15, 0.2) is 43.0 Å². The third kappa shape index (κ3) is 4.02. The smallest absolute Gasteiger partial charge is 0.224 e. The summed E-state index contributed by atoms with van der Waals surface area (Å²) in [6.07, 6.45) is 6.44. The van der Waals surface area contributed by atoms with Crippen molar-refractivity contribution in [3.8, 4) is 22.6 Å². The number of rotatable bonds is 4. The number of imidazole rings is 1. The van der Waals surface area contributed by atoms with Crippen molar-refractivity contribution in [2.24, 2.45) is 5.41 Å². The molecule has 5 rings (SSSR count). The van der Waals surface area contributed by atoms with E-state index in [0.717, 1.165) is 5.52 Å². The number of pyridine rings is 3. The van der Waals surface area contributed by atoms with Crippen LogP contribution in [0.5, 0.6) is 0 Å². The van der Waals surface area contributed by atoms with Crippen molar-refractivity contribution in [3.63, 3.8) is 0 Å². The SMILES string of the molecule is CC(C)(C)CC(=O)Nc1cncc(-c2cnc3n[nH]c(-c4nc5ncccc5[nH]4)c3c2F)c1. The summed E-state index contributed by atoms with van der Waals surface area (Å²) in [6, 6.07) is 5.29. The van der Waals surface area contributed by atoms with Gasteiger partial charge in [-0.05, 0) is 23.6 Å². The maximum atomic E-state index is 15.7. The van der Waals surface area contributed by atoms with Gasteiger partial charge in [0.15, 0.2) is 17.1 Å². The van der Waals surface area contributed by atoms with Crippen molar-refractivity contribution in [1.82, 2.24) is 35.1 Å². The Morgan fingerprint density at radius 3 is 2.79 bits per heavy atom. The Morgan fingerprint density at radius 2 is 2.00 bits per heavy atom. The largest absolute Gasteiger partial charge is 0.335 e. The van der Waals surface area contributed by atoms with Gasteiger partial charge in [0.2, 0.25) is 5.91 Å². The summed E-state index contributed by atoms with van der Waals surface area (Å²) in [5.41, 5.74) is 2.88. The van der Waals surface area contributed by atoms with Crippen LogP contribution < -0.4 is 5.32 Å². The number of anilines is 1. The van der Waals surface area contributed by atoms with E-state index < -0.39 is 5.82 Å². The molecule has 0 saturated carbocycles. The fourth-order valence-corrected chi connectivity index (χ4v) is 3.63. The summed E-state index contributed by atoms with van der Waals surface area (Å²) in [4.78, 5) is 32.5. The molecule has 5 heterocycles. The number of fused-ring (bicyclic) bond motifs is 2. The lowest BCUT2D eigenvalue weighted by Gasteiger charge is -2.17. The highest BCUT2D eigenvalue weighted by Gasteiger charge is 2.21. The van der Waals surface area contributed by atoms with Gasteiger partial charge < -0.3 is 10.3 Å². The van der Waals surface area contributed by atoms with Gasteiger partial charge in [0.05, 0.1) is 22.8 Å². The van der Waals surface area contributed by atoms with Crippen molar-refractivity contribution in [2.75, 3.05) is 5.32 Å². The lowest BCUT2D eigenvalue weighted by molar-refractivity contribution is -0.117. The molecule has 1 amide bonds. The van der Waals surface area contributed by atoms with Crippen LogP contribution in [-0.4, -0.2) is 41.0 Å². The molecule has 0 aliphatic carbocycles. The van der Waals surface area contributed by atoms with Crippen LogP contribution in [0.1, 0.15) is 27.2 Å². The topological polar surface area (TPSA) is 125 Å². The second kappa shape index (κ2) is 7.73. The van der Waals surface area contributed by atoms with Crippen molar-refractivity contribution in [2.45, 2.75) is 27.2 Å². The first-order valence-electron chi connectivity index (χ1n) is 10.4. The van der Waals surface area contributed by atoms with E-state index in [4.69, 9.17) is 0 Å². The van der Waals surface area contributed by atoms with Crippen molar-refractivity contribution >= 4 is 33.8 Å². The quantitative estimate of drug-likeness (QED) is 0.375. The standard InChI is InChI=1S/C23H21FN8O/c1-23(2,3)8-16(33)28-13-7-12(9-25-10-13)14-11-27-21-17(18(14)24)19(31-32-21)22-29-15-5-4-6-26-20(15)30-22/h4-7,9-11H,8H2,1-3H3,(H,28,33)(H,26,29,30)(H,27,31,32). The molecule has 0 atom stereocenters. The van der Waals surface area contributed by atoms with Crippen LogP contribution in [0.2, 0.25) is 0 Å². The van der Waals surface area contributed by atoms with E-state index in [9.17, 15) is 4.79 Å². The van der Waals surface area contributed by atoms with E-state index in [1.807, 2.05) is 26.8 Å². The number of aromatic nitrogens is 7. The summed E-state index contributed by atoms with van der Waals surface area (Å²) in [6.45, 7) is 5.95. The highest BCUT2D eigenvalue weighted by Crippen LogP contribution is 2.33. The van der Waals surface area contributed by atoms with E-state index >= 15 is 4.39 Å². The third-order valence-corrected chi connectivity index (χ3v) is 5.04. The molecule has 5 aromatic rings. The molecule has 0 bridgehead atoms. The number of nitrogens with one attached hydrogen (secondary N) is 3. The molecule has 3 N–H and O–H groups in total. The number of halogens is 1. The lowest BCUT2D eigenvalue weighted by atomic mass is 9.92. The Balaban J connectivity index is 1.54. The van der Waals surface area contributed by atoms with Gasteiger partial charge in [-0.2, -0.15) is 5.10 Å². The number of H-pyrrole nitrogens is 2. The maximum Gasteiger partial charge on any atom is 0.224 e. The maximum absolute atomic E-state index is 15.7. The van der Waals surface area contributed by atoms with Gasteiger partial charge in [-0.3, -0.25) is 14.9 Å². The predicted molar refractivity (Wildman–Crippen MR) is 123 cm³/mol. The number of hydrogen-bond donors (Lipinski definition) is 3. The normalized spacial score (nSPS) is 11.9. The fourth-order valence-electron chi connectivity index (χ4n) is 3.63. The Labute approximate surface area is 187 Å². The molecule has 33 heavy (non-hydrogen) atoms. The first-order valence-corrected chi connectivity index (χ1v) is 10.4. The molecular formula is C23H21FN8O. The number of carbonyl (C=O) groups excluding carboxylic acids is 1. The van der Waals surface area contributed by atoms with Gasteiger partial charge in [0.1, 0.15) is 11.5 Å².